The standard InChI is InChI=1S/C14H22N2O2/c1-10-13(9-14(17)18-3)11(2)16(15-10)12-7-5-4-6-8-12/h12H,4-9H2,1-3H3. The summed E-state index contributed by atoms with van der Waals surface area (Å²) in [6.45, 7) is 4.04. The lowest BCUT2D eigenvalue weighted by Crippen LogP contribution is -2.16. The van der Waals surface area contributed by atoms with Gasteiger partial charge in [0.05, 0.1) is 25.3 Å². The highest BCUT2D eigenvalue weighted by Gasteiger charge is 2.21. The molecule has 4 nitrogen and oxygen atoms in total. The van der Waals surface area contributed by atoms with E-state index in [0.717, 1.165) is 17.0 Å². The highest BCUT2D eigenvalue weighted by molar-refractivity contribution is 5.73. The molecule has 0 aliphatic heterocycles. The van der Waals surface area contributed by atoms with Crippen molar-refractivity contribution in [3.63, 3.8) is 0 Å². The fourth-order valence-electron chi connectivity index (χ4n) is 2.85. The Morgan fingerprint density at radius 3 is 2.61 bits per heavy atom. The van der Waals surface area contributed by atoms with Crippen molar-refractivity contribution < 1.29 is 9.53 Å². The zero-order chi connectivity index (χ0) is 13.1. The summed E-state index contributed by atoms with van der Waals surface area (Å²) >= 11 is 0. The minimum Gasteiger partial charge on any atom is -0.469 e. The molecule has 2 rings (SSSR count). The highest BCUT2D eigenvalue weighted by atomic mass is 16.5. The molecule has 1 aromatic rings. The van der Waals surface area contributed by atoms with E-state index in [0.29, 0.717) is 12.5 Å². The Hall–Kier alpha value is -1.32. The van der Waals surface area contributed by atoms with Gasteiger partial charge in [0.1, 0.15) is 0 Å². The molecule has 0 saturated heterocycles. The van der Waals surface area contributed by atoms with Gasteiger partial charge in [-0.1, -0.05) is 19.3 Å². The van der Waals surface area contributed by atoms with Crippen LogP contribution in [-0.2, 0) is 16.0 Å². The summed E-state index contributed by atoms with van der Waals surface area (Å²) in [4.78, 5) is 11.4. The van der Waals surface area contributed by atoms with E-state index in [2.05, 4.69) is 16.7 Å². The Morgan fingerprint density at radius 2 is 2.00 bits per heavy atom. The molecule has 0 amide bonds. The molecular weight excluding hydrogens is 228 g/mol. The average Bonchev–Trinajstić information content (AvgIpc) is 2.67. The lowest BCUT2D eigenvalue weighted by molar-refractivity contribution is -0.139. The average molecular weight is 250 g/mol. The van der Waals surface area contributed by atoms with Crippen LogP contribution in [0.15, 0.2) is 0 Å². The second kappa shape index (κ2) is 5.55. The van der Waals surface area contributed by atoms with Crippen LogP contribution in [-0.4, -0.2) is 22.9 Å². The van der Waals surface area contributed by atoms with Crippen molar-refractivity contribution in [1.29, 1.82) is 0 Å². The largest absolute Gasteiger partial charge is 0.469 e. The normalized spacial score (nSPS) is 16.8. The molecule has 100 valence electrons. The molecule has 1 aliphatic rings. The highest BCUT2D eigenvalue weighted by Crippen LogP contribution is 2.30. The van der Waals surface area contributed by atoms with Gasteiger partial charge in [-0.2, -0.15) is 5.10 Å². The minimum absolute atomic E-state index is 0.190. The molecule has 18 heavy (non-hydrogen) atoms. The van der Waals surface area contributed by atoms with Gasteiger partial charge in [0.2, 0.25) is 0 Å². The van der Waals surface area contributed by atoms with Crippen molar-refractivity contribution in [3.05, 3.63) is 17.0 Å². The number of hydrogen-bond acceptors (Lipinski definition) is 3. The molecule has 1 saturated carbocycles. The predicted molar refractivity (Wildman–Crippen MR) is 69.5 cm³/mol. The van der Waals surface area contributed by atoms with Gasteiger partial charge in [-0.25, -0.2) is 0 Å². The zero-order valence-corrected chi connectivity index (χ0v) is 11.5. The van der Waals surface area contributed by atoms with E-state index in [9.17, 15) is 4.79 Å². The van der Waals surface area contributed by atoms with Gasteiger partial charge >= 0.3 is 5.97 Å². The number of aryl methyl sites for hydroxylation is 1. The van der Waals surface area contributed by atoms with Crippen molar-refractivity contribution in [2.24, 2.45) is 0 Å². The van der Waals surface area contributed by atoms with Crippen LogP contribution in [0.25, 0.3) is 0 Å². The van der Waals surface area contributed by atoms with Gasteiger partial charge in [0, 0.05) is 11.3 Å². The van der Waals surface area contributed by atoms with Gasteiger partial charge in [-0.3, -0.25) is 9.48 Å². The molecule has 0 aromatic carbocycles. The molecule has 0 radical (unpaired) electrons. The molecule has 1 heterocycles. The van der Waals surface area contributed by atoms with Gasteiger partial charge in [0.15, 0.2) is 0 Å². The number of carbonyl (C=O) groups excluding carboxylic acids is 1. The molecule has 0 bridgehead atoms. The number of aromatic nitrogens is 2. The van der Waals surface area contributed by atoms with Crippen LogP contribution in [0.4, 0.5) is 0 Å². The number of methoxy groups -OCH3 is 1. The number of ether oxygens (including phenoxy) is 1. The van der Waals surface area contributed by atoms with Crippen LogP contribution in [0, 0.1) is 13.8 Å². The lowest BCUT2D eigenvalue weighted by atomic mass is 9.95. The lowest BCUT2D eigenvalue weighted by Gasteiger charge is -2.23. The summed E-state index contributed by atoms with van der Waals surface area (Å²) in [5.41, 5.74) is 3.13. The van der Waals surface area contributed by atoms with Crippen molar-refractivity contribution in [3.8, 4) is 0 Å². The Labute approximate surface area is 108 Å². The maximum absolute atomic E-state index is 11.4. The van der Waals surface area contributed by atoms with Crippen molar-refractivity contribution in [2.75, 3.05) is 7.11 Å². The summed E-state index contributed by atoms with van der Waals surface area (Å²) in [6, 6.07) is 0.517. The van der Waals surface area contributed by atoms with E-state index >= 15 is 0 Å². The van der Waals surface area contributed by atoms with Crippen molar-refractivity contribution in [1.82, 2.24) is 9.78 Å². The Balaban J connectivity index is 2.22. The van der Waals surface area contributed by atoms with Crippen LogP contribution >= 0.6 is 0 Å². The maximum atomic E-state index is 11.4. The van der Waals surface area contributed by atoms with E-state index < -0.39 is 0 Å². The predicted octanol–water partition coefficient (Wildman–Crippen LogP) is 2.72. The molecule has 1 aliphatic carbocycles. The maximum Gasteiger partial charge on any atom is 0.310 e. The Kier molecular flexibility index (Phi) is 4.04. The summed E-state index contributed by atoms with van der Waals surface area (Å²) in [7, 11) is 1.43. The second-order valence-corrected chi connectivity index (χ2v) is 5.14. The van der Waals surface area contributed by atoms with Gasteiger partial charge in [-0.05, 0) is 26.7 Å². The van der Waals surface area contributed by atoms with Crippen LogP contribution in [0.2, 0.25) is 0 Å². The molecule has 0 atom stereocenters. The number of esters is 1. The van der Waals surface area contributed by atoms with E-state index in [-0.39, 0.29) is 5.97 Å². The molecule has 0 N–H and O–H groups in total. The third-order valence-corrected chi connectivity index (χ3v) is 3.94. The third-order valence-electron chi connectivity index (χ3n) is 3.94. The first kappa shape index (κ1) is 13.1. The van der Waals surface area contributed by atoms with Crippen LogP contribution in [0.5, 0.6) is 0 Å². The molecule has 0 unspecified atom stereocenters. The Bertz CT molecular complexity index is 431. The first-order valence-electron chi connectivity index (χ1n) is 6.75. The van der Waals surface area contributed by atoms with E-state index in [1.165, 1.54) is 39.2 Å². The fourth-order valence-corrected chi connectivity index (χ4v) is 2.85. The molecular formula is C14H22N2O2. The number of hydrogen-bond donors (Lipinski definition) is 0. The second-order valence-electron chi connectivity index (χ2n) is 5.14. The first-order chi connectivity index (χ1) is 8.63. The fraction of sp³-hybridized carbons (Fsp3) is 0.714. The molecule has 4 heteroatoms. The van der Waals surface area contributed by atoms with Crippen molar-refractivity contribution >= 4 is 5.97 Å². The molecule has 1 fully saturated rings. The van der Waals surface area contributed by atoms with Crippen LogP contribution < -0.4 is 0 Å². The van der Waals surface area contributed by atoms with Gasteiger partial charge in [0.25, 0.3) is 0 Å². The SMILES string of the molecule is COC(=O)Cc1c(C)nn(C2CCCCC2)c1C. The van der Waals surface area contributed by atoms with E-state index in [1.807, 2.05) is 6.92 Å². The monoisotopic (exact) mass is 250 g/mol. The summed E-state index contributed by atoms with van der Waals surface area (Å²) in [5, 5.41) is 4.63. The van der Waals surface area contributed by atoms with Crippen LogP contribution in [0.1, 0.15) is 55.1 Å². The summed E-state index contributed by atoms with van der Waals surface area (Å²) in [5.74, 6) is -0.190. The number of rotatable bonds is 3. The third kappa shape index (κ3) is 2.57. The molecule has 1 aromatic heterocycles. The summed E-state index contributed by atoms with van der Waals surface area (Å²) < 4.78 is 6.87. The first-order valence-corrected chi connectivity index (χ1v) is 6.75. The number of carbonyl (C=O) groups is 1. The number of nitrogens with zero attached hydrogens (tertiary/aromatic N) is 2. The van der Waals surface area contributed by atoms with E-state index in [4.69, 9.17) is 4.74 Å². The van der Waals surface area contributed by atoms with Crippen LogP contribution in [0.3, 0.4) is 0 Å². The topological polar surface area (TPSA) is 44.1 Å². The zero-order valence-electron chi connectivity index (χ0n) is 11.5. The smallest absolute Gasteiger partial charge is 0.310 e. The minimum atomic E-state index is -0.190. The Morgan fingerprint density at radius 1 is 1.33 bits per heavy atom. The summed E-state index contributed by atoms with van der Waals surface area (Å²) in [6.07, 6.45) is 6.66. The molecule has 0 spiro atoms. The van der Waals surface area contributed by atoms with E-state index in [1.54, 1.807) is 0 Å². The van der Waals surface area contributed by atoms with Crippen molar-refractivity contribution in [2.45, 2.75) is 58.4 Å². The van der Waals surface area contributed by atoms with Gasteiger partial charge < -0.3 is 4.74 Å². The quantitative estimate of drug-likeness (QED) is 0.775. The van der Waals surface area contributed by atoms with Gasteiger partial charge in [-0.15, -0.1) is 0 Å².